The zero-order chi connectivity index (χ0) is 15.2. The number of methoxy groups -OCH3 is 1. The molecule has 0 saturated carbocycles. The lowest BCUT2D eigenvalue weighted by molar-refractivity contribution is 0.0729. The van der Waals surface area contributed by atoms with Gasteiger partial charge in [-0.05, 0) is 54.9 Å². The van der Waals surface area contributed by atoms with Crippen LogP contribution in [0.4, 0.5) is 0 Å². The highest BCUT2D eigenvalue weighted by atomic mass is 79.9. The molecule has 0 atom stereocenters. The molecular weight excluding hydrogens is 334 g/mol. The van der Waals surface area contributed by atoms with E-state index in [1.807, 2.05) is 12.1 Å². The van der Waals surface area contributed by atoms with Crippen LogP contribution in [0.5, 0.6) is 11.5 Å². The molecule has 0 saturated heterocycles. The smallest absolute Gasteiger partial charge is 0.343 e. The Balaban J connectivity index is 2.18. The van der Waals surface area contributed by atoms with Gasteiger partial charge in [0.1, 0.15) is 0 Å². The second-order valence-corrected chi connectivity index (χ2v) is 5.34. The average Bonchev–Trinajstić information content (AvgIpc) is 2.49. The maximum Gasteiger partial charge on any atom is 0.343 e. The molecule has 0 aliphatic rings. The fourth-order valence-corrected chi connectivity index (χ4v) is 2.13. The van der Waals surface area contributed by atoms with Crippen LogP contribution in [0, 0.1) is 0 Å². The molecule has 0 fully saturated rings. The Kier molecular flexibility index (Phi) is 5.36. The summed E-state index contributed by atoms with van der Waals surface area (Å²) in [6.45, 7) is 0.557. The van der Waals surface area contributed by atoms with E-state index in [-0.39, 0.29) is 0 Å². The fourth-order valence-electron chi connectivity index (χ4n) is 1.86. The van der Waals surface area contributed by atoms with Gasteiger partial charge in [0.15, 0.2) is 11.5 Å². The molecule has 0 radical (unpaired) electrons. The van der Waals surface area contributed by atoms with E-state index in [1.165, 1.54) is 0 Å². The molecule has 2 rings (SSSR count). The van der Waals surface area contributed by atoms with E-state index >= 15 is 0 Å². The van der Waals surface area contributed by atoms with Crippen LogP contribution in [0.15, 0.2) is 46.9 Å². The van der Waals surface area contributed by atoms with Crippen LogP contribution in [0.25, 0.3) is 0 Å². The van der Waals surface area contributed by atoms with Crippen molar-refractivity contribution in [2.45, 2.75) is 6.42 Å². The van der Waals surface area contributed by atoms with Gasteiger partial charge in [-0.15, -0.1) is 0 Å². The molecule has 110 valence electrons. The van der Waals surface area contributed by atoms with Gasteiger partial charge in [0.2, 0.25) is 0 Å². The highest BCUT2D eigenvalue weighted by Gasteiger charge is 2.12. The van der Waals surface area contributed by atoms with Crippen LogP contribution >= 0.6 is 15.9 Å². The summed E-state index contributed by atoms with van der Waals surface area (Å²) < 4.78 is 11.6. The molecular formula is C16H16BrNO3. The number of hydrogen-bond donors (Lipinski definition) is 1. The molecule has 4 nitrogen and oxygen atoms in total. The molecule has 2 N–H and O–H groups in total. The number of carbonyl (C=O) groups excluding carboxylic acids is 1. The highest BCUT2D eigenvalue weighted by Crippen LogP contribution is 2.29. The number of carbonyl (C=O) groups is 1. The molecule has 0 aliphatic carbocycles. The van der Waals surface area contributed by atoms with Gasteiger partial charge in [0.25, 0.3) is 0 Å². The van der Waals surface area contributed by atoms with Gasteiger partial charge in [-0.25, -0.2) is 4.79 Å². The molecule has 21 heavy (non-hydrogen) atoms. The number of benzene rings is 2. The molecule has 5 heteroatoms. The van der Waals surface area contributed by atoms with Gasteiger partial charge in [-0.1, -0.05) is 22.0 Å². The van der Waals surface area contributed by atoms with Crippen LogP contribution in [0.1, 0.15) is 15.9 Å². The molecule has 2 aromatic carbocycles. The van der Waals surface area contributed by atoms with Crippen molar-refractivity contribution in [3.63, 3.8) is 0 Å². The van der Waals surface area contributed by atoms with Gasteiger partial charge in [0, 0.05) is 4.47 Å². The Hall–Kier alpha value is -1.85. The SMILES string of the molecule is COc1cc(CCN)ccc1OC(=O)c1ccc(Br)cc1. The third-order valence-corrected chi connectivity index (χ3v) is 3.47. The molecule has 0 bridgehead atoms. The van der Waals surface area contributed by atoms with Crippen molar-refractivity contribution in [2.75, 3.05) is 13.7 Å². The zero-order valence-electron chi connectivity index (χ0n) is 11.6. The van der Waals surface area contributed by atoms with Crippen molar-refractivity contribution in [2.24, 2.45) is 5.73 Å². The Bertz CT molecular complexity index is 626. The van der Waals surface area contributed by atoms with E-state index < -0.39 is 5.97 Å². The molecule has 2 aromatic rings. The number of nitrogens with two attached hydrogens (primary N) is 1. The predicted octanol–water partition coefficient (Wildman–Crippen LogP) is 3.18. The van der Waals surface area contributed by atoms with Gasteiger partial charge in [-0.3, -0.25) is 0 Å². The minimum atomic E-state index is -0.424. The van der Waals surface area contributed by atoms with E-state index in [2.05, 4.69) is 15.9 Å². The Morgan fingerprint density at radius 1 is 1.14 bits per heavy atom. The van der Waals surface area contributed by atoms with Gasteiger partial charge in [-0.2, -0.15) is 0 Å². The lowest BCUT2D eigenvalue weighted by atomic mass is 10.1. The summed E-state index contributed by atoms with van der Waals surface area (Å²) in [4.78, 5) is 12.1. The summed E-state index contributed by atoms with van der Waals surface area (Å²) in [5.41, 5.74) is 7.05. The van der Waals surface area contributed by atoms with E-state index in [4.69, 9.17) is 15.2 Å². The second kappa shape index (κ2) is 7.24. The van der Waals surface area contributed by atoms with Crippen LogP contribution in [0.3, 0.4) is 0 Å². The average molecular weight is 350 g/mol. The summed E-state index contributed by atoms with van der Waals surface area (Å²) in [6.07, 6.45) is 0.747. The number of ether oxygens (including phenoxy) is 2. The first-order valence-corrected chi connectivity index (χ1v) is 7.28. The number of hydrogen-bond acceptors (Lipinski definition) is 4. The molecule has 0 aromatic heterocycles. The normalized spacial score (nSPS) is 10.2. The Morgan fingerprint density at radius 2 is 1.86 bits per heavy atom. The summed E-state index contributed by atoms with van der Waals surface area (Å²) >= 11 is 3.32. The first-order valence-electron chi connectivity index (χ1n) is 6.48. The van der Waals surface area contributed by atoms with Crippen molar-refractivity contribution in [1.82, 2.24) is 0 Å². The van der Waals surface area contributed by atoms with Gasteiger partial charge in [0.05, 0.1) is 12.7 Å². The highest BCUT2D eigenvalue weighted by molar-refractivity contribution is 9.10. The number of rotatable bonds is 5. The summed E-state index contributed by atoms with van der Waals surface area (Å²) in [6, 6.07) is 12.4. The first-order chi connectivity index (χ1) is 10.1. The maximum absolute atomic E-state index is 12.1. The van der Waals surface area contributed by atoms with Crippen LogP contribution in [-0.4, -0.2) is 19.6 Å². The van der Waals surface area contributed by atoms with E-state index in [1.54, 1.807) is 37.4 Å². The summed E-state index contributed by atoms with van der Waals surface area (Å²) in [5, 5.41) is 0. The van der Waals surface area contributed by atoms with Crippen LogP contribution in [0.2, 0.25) is 0 Å². The molecule has 0 spiro atoms. The Labute approximate surface area is 132 Å². The maximum atomic E-state index is 12.1. The van der Waals surface area contributed by atoms with Crippen molar-refractivity contribution >= 4 is 21.9 Å². The molecule has 0 unspecified atom stereocenters. The van der Waals surface area contributed by atoms with E-state index in [0.29, 0.717) is 23.6 Å². The third-order valence-electron chi connectivity index (χ3n) is 2.94. The van der Waals surface area contributed by atoms with Crippen molar-refractivity contribution in [1.29, 1.82) is 0 Å². The lowest BCUT2D eigenvalue weighted by Crippen LogP contribution is -2.09. The van der Waals surface area contributed by atoms with Crippen LogP contribution in [-0.2, 0) is 6.42 Å². The van der Waals surface area contributed by atoms with E-state index in [0.717, 1.165) is 16.5 Å². The lowest BCUT2D eigenvalue weighted by Gasteiger charge is -2.11. The predicted molar refractivity (Wildman–Crippen MR) is 84.9 cm³/mol. The number of esters is 1. The fraction of sp³-hybridized carbons (Fsp3) is 0.188. The zero-order valence-corrected chi connectivity index (χ0v) is 13.2. The molecule has 0 aliphatic heterocycles. The van der Waals surface area contributed by atoms with Gasteiger partial charge < -0.3 is 15.2 Å². The first kappa shape index (κ1) is 15.5. The Morgan fingerprint density at radius 3 is 2.48 bits per heavy atom. The van der Waals surface area contributed by atoms with Crippen LogP contribution < -0.4 is 15.2 Å². The summed E-state index contributed by atoms with van der Waals surface area (Å²) in [5.74, 6) is 0.491. The molecule has 0 heterocycles. The summed E-state index contributed by atoms with van der Waals surface area (Å²) in [7, 11) is 1.54. The van der Waals surface area contributed by atoms with Gasteiger partial charge >= 0.3 is 5.97 Å². The van der Waals surface area contributed by atoms with Crippen molar-refractivity contribution in [3.8, 4) is 11.5 Å². The standard InChI is InChI=1S/C16H16BrNO3/c1-20-15-10-11(8-9-18)2-7-14(15)21-16(19)12-3-5-13(17)6-4-12/h2-7,10H,8-9,18H2,1H3. The number of halogens is 1. The largest absolute Gasteiger partial charge is 0.493 e. The molecule has 0 amide bonds. The van der Waals surface area contributed by atoms with Crippen molar-refractivity contribution in [3.05, 3.63) is 58.1 Å². The minimum Gasteiger partial charge on any atom is -0.493 e. The van der Waals surface area contributed by atoms with E-state index in [9.17, 15) is 4.79 Å². The second-order valence-electron chi connectivity index (χ2n) is 4.42. The quantitative estimate of drug-likeness (QED) is 0.665. The third kappa shape index (κ3) is 4.06. The minimum absolute atomic E-state index is 0.395. The monoisotopic (exact) mass is 349 g/mol. The van der Waals surface area contributed by atoms with Crippen molar-refractivity contribution < 1.29 is 14.3 Å². The topological polar surface area (TPSA) is 61.6 Å².